The van der Waals surface area contributed by atoms with E-state index in [0.717, 1.165) is 13.0 Å². The molecule has 0 bridgehead atoms. The Labute approximate surface area is 77.6 Å². The molecule has 1 nitrogen and oxygen atoms in total. The molecule has 0 amide bonds. The topological polar surface area (TPSA) is 23.8 Å². The molecule has 0 N–H and O–H groups in total. The van der Waals surface area contributed by atoms with E-state index in [0.29, 0.717) is 6.07 Å². The van der Waals surface area contributed by atoms with Gasteiger partial charge in [-0.1, -0.05) is 0 Å². The summed E-state index contributed by atoms with van der Waals surface area (Å²) in [6, 6.07) is 2.68. The van der Waals surface area contributed by atoms with Crippen molar-refractivity contribution in [1.82, 2.24) is 0 Å². The van der Waals surface area contributed by atoms with Crippen LogP contribution in [-0.4, -0.2) is 0 Å². The maximum absolute atomic E-state index is 12.7. The minimum absolute atomic E-state index is 0.249. The SMILES string of the molecule is Cc1c(C#N)cc(F)cc1C(F)(F)F. The average molecular weight is 203 g/mol. The molecule has 1 rings (SSSR count). The van der Waals surface area contributed by atoms with Crippen LogP contribution in [0.25, 0.3) is 0 Å². The maximum atomic E-state index is 12.7. The van der Waals surface area contributed by atoms with Gasteiger partial charge in [-0.2, -0.15) is 18.4 Å². The summed E-state index contributed by atoms with van der Waals surface area (Å²) in [5.41, 5.74) is -1.65. The fraction of sp³-hybridized carbons (Fsp3) is 0.222. The van der Waals surface area contributed by atoms with Crippen LogP contribution in [0.15, 0.2) is 12.1 Å². The Hall–Kier alpha value is -1.57. The zero-order valence-electron chi connectivity index (χ0n) is 7.11. The highest BCUT2D eigenvalue weighted by Gasteiger charge is 2.33. The molecule has 74 valence electrons. The highest BCUT2D eigenvalue weighted by molar-refractivity contribution is 5.43. The molecule has 0 heterocycles. The van der Waals surface area contributed by atoms with Gasteiger partial charge in [0, 0.05) is 0 Å². The second kappa shape index (κ2) is 3.29. The Balaban J connectivity index is 3.47. The predicted octanol–water partition coefficient (Wildman–Crippen LogP) is 3.02. The molecule has 0 saturated heterocycles. The Morgan fingerprint density at radius 3 is 2.29 bits per heavy atom. The highest BCUT2D eigenvalue weighted by Crippen LogP contribution is 2.33. The number of alkyl halides is 3. The summed E-state index contributed by atoms with van der Waals surface area (Å²) in [6.07, 6.45) is -4.63. The van der Waals surface area contributed by atoms with Crippen molar-refractivity contribution < 1.29 is 17.6 Å². The summed E-state index contributed by atoms with van der Waals surface area (Å²) in [5.74, 6) is -1.06. The van der Waals surface area contributed by atoms with Crippen LogP contribution < -0.4 is 0 Å². The number of nitrogens with zero attached hydrogens (tertiary/aromatic N) is 1. The fourth-order valence-electron chi connectivity index (χ4n) is 1.09. The summed E-state index contributed by atoms with van der Waals surface area (Å²) >= 11 is 0. The van der Waals surface area contributed by atoms with Crippen molar-refractivity contribution in [1.29, 1.82) is 5.26 Å². The molecule has 0 unspecified atom stereocenters. The van der Waals surface area contributed by atoms with Crippen molar-refractivity contribution >= 4 is 0 Å². The summed E-state index contributed by atoms with van der Waals surface area (Å²) in [4.78, 5) is 0. The van der Waals surface area contributed by atoms with Crippen molar-refractivity contribution in [2.24, 2.45) is 0 Å². The lowest BCUT2D eigenvalue weighted by molar-refractivity contribution is -0.138. The number of benzene rings is 1. The van der Waals surface area contributed by atoms with E-state index in [2.05, 4.69) is 0 Å². The van der Waals surface area contributed by atoms with Crippen LogP contribution in [0, 0.1) is 24.1 Å². The second-order valence-corrected chi connectivity index (χ2v) is 2.74. The third-order valence-electron chi connectivity index (χ3n) is 1.80. The van der Waals surface area contributed by atoms with Gasteiger partial charge in [-0.3, -0.25) is 0 Å². The molecule has 0 aliphatic rings. The average Bonchev–Trinajstić information content (AvgIpc) is 2.06. The van der Waals surface area contributed by atoms with Crippen LogP contribution in [0.2, 0.25) is 0 Å². The van der Waals surface area contributed by atoms with Crippen molar-refractivity contribution in [2.45, 2.75) is 13.1 Å². The first-order valence-electron chi connectivity index (χ1n) is 3.63. The first-order valence-corrected chi connectivity index (χ1v) is 3.63. The van der Waals surface area contributed by atoms with Crippen LogP contribution >= 0.6 is 0 Å². The monoisotopic (exact) mass is 203 g/mol. The molecule has 5 heteroatoms. The summed E-state index contributed by atoms with van der Waals surface area (Å²) in [5, 5.41) is 8.45. The molecule has 1 aromatic rings. The maximum Gasteiger partial charge on any atom is 0.416 e. The van der Waals surface area contributed by atoms with Crippen LogP contribution in [0.4, 0.5) is 17.6 Å². The lowest BCUT2D eigenvalue weighted by Gasteiger charge is -2.10. The second-order valence-electron chi connectivity index (χ2n) is 2.74. The zero-order valence-corrected chi connectivity index (χ0v) is 7.11. The van der Waals surface area contributed by atoms with Gasteiger partial charge in [-0.15, -0.1) is 0 Å². The molecule has 0 fully saturated rings. The number of hydrogen-bond donors (Lipinski definition) is 0. The van der Waals surface area contributed by atoms with Gasteiger partial charge in [0.1, 0.15) is 5.82 Å². The van der Waals surface area contributed by atoms with Crippen LogP contribution in [-0.2, 0) is 6.18 Å². The smallest absolute Gasteiger partial charge is 0.207 e. The molecule has 0 aliphatic carbocycles. The molecule has 0 aromatic heterocycles. The number of nitriles is 1. The Morgan fingerprint density at radius 1 is 1.29 bits per heavy atom. The van der Waals surface area contributed by atoms with Gasteiger partial charge in [-0.05, 0) is 24.6 Å². The number of hydrogen-bond acceptors (Lipinski definition) is 1. The van der Waals surface area contributed by atoms with Gasteiger partial charge < -0.3 is 0 Å². The van der Waals surface area contributed by atoms with E-state index in [1.54, 1.807) is 0 Å². The minimum Gasteiger partial charge on any atom is -0.207 e. The number of rotatable bonds is 0. The van der Waals surface area contributed by atoms with Gasteiger partial charge in [-0.25, -0.2) is 4.39 Å². The standard InChI is InChI=1S/C9H5F4N/c1-5-6(4-14)2-7(10)3-8(5)9(11,12)13/h2-3H,1H3. The van der Waals surface area contributed by atoms with Crippen LogP contribution in [0.5, 0.6) is 0 Å². The normalized spacial score (nSPS) is 11.1. The molecular formula is C9H5F4N. The van der Waals surface area contributed by atoms with Crippen molar-refractivity contribution in [2.75, 3.05) is 0 Å². The third kappa shape index (κ3) is 1.84. The summed E-state index contributed by atoms with van der Waals surface area (Å²) in [7, 11) is 0. The largest absolute Gasteiger partial charge is 0.416 e. The zero-order chi connectivity index (χ0) is 10.9. The first-order chi connectivity index (χ1) is 6.36. The molecule has 0 saturated carbocycles. The summed E-state index contributed by atoms with van der Waals surface area (Å²) < 4.78 is 49.5. The van der Waals surface area contributed by atoms with Crippen molar-refractivity contribution in [3.8, 4) is 6.07 Å². The van der Waals surface area contributed by atoms with Gasteiger partial charge in [0.05, 0.1) is 17.2 Å². The van der Waals surface area contributed by atoms with E-state index in [1.165, 1.54) is 6.07 Å². The van der Waals surface area contributed by atoms with Gasteiger partial charge in [0.25, 0.3) is 0 Å². The van der Waals surface area contributed by atoms with Gasteiger partial charge in [0.15, 0.2) is 0 Å². The predicted molar refractivity (Wildman–Crippen MR) is 40.9 cm³/mol. The molecule has 0 radical (unpaired) electrons. The van der Waals surface area contributed by atoms with Crippen LogP contribution in [0.1, 0.15) is 16.7 Å². The minimum atomic E-state index is -4.63. The van der Waals surface area contributed by atoms with E-state index in [-0.39, 0.29) is 11.1 Å². The van der Waals surface area contributed by atoms with Crippen molar-refractivity contribution in [3.05, 3.63) is 34.6 Å². The molecule has 0 aliphatic heterocycles. The first kappa shape index (κ1) is 10.5. The number of halogens is 4. The summed E-state index contributed by atoms with van der Waals surface area (Å²) in [6.45, 7) is 1.14. The van der Waals surface area contributed by atoms with E-state index < -0.39 is 17.6 Å². The van der Waals surface area contributed by atoms with Crippen molar-refractivity contribution in [3.63, 3.8) is 0 Å². The molecule has 14 heavy (non-hydrogen) atoms. The van der Waals surface area contributed by atoms with Gasteiger partial charge >= 0.3 is 6.18 Å². The Kier molecular flexibility index (Phi) is 2.47. The van der Waals surface area contributed by atoms with E-state index in [9.17, 15) is 17.6 Å². The highest BCUT2D eigenvalue weighted by atomic mass is 19.4. The van der Waals surface area contributed by atoms with E-state index in [1.807, 2.05) is 0 Å². The van der Waals surface area contributed by atoms with Crippen LogP contribution in [0.3, 0.4) is 0 Å². The van der Waals surface area contributed by atoms with E-state index in [4.69, 9.17) is 5.26 Å². The Bertz CT molecular complexity index is 400. The molecular weight excluding hydrogens is 198 g/mol. The Morgan fingerprint density at radius 2 is 1.86 bits per heavy atom. The lowest BCUT2D eigenvalue weighted by atomic mass is 10.0. The lowest BCUT2D eigenvalue weighted by Crippen LogP contribution is -2.09. The molecule has 1 aromatic carbocycles. The molecule has 0 spiro atoms. The fourth-order valence-corrected chi connectivity index (χ4v) is 1.09. The molecule has 0 atom stereocenters. The third-order valence-corrected chi connectivity index (χ3v) is 1.80. The van der Waals surface area contributed by atoms with E-state index >= 15 is 0 Å². The van der Waals surface area contributed by atoms with Gasteiger partial charge in [0.2, 0.25) is 0 Å². The quantitative estimate of drug-likeness (QED) is 0.594.